The van der Waals surface area contributed by atoms with Gasteiger partial charge in [-0.25, -0.2) is 0 Å². The molecule has 3 nitrogen and oxygen atoms in total. The molecular formula is C18H22N2O. The predicted octanol–water partition coefficient (Wildman–Crippen LogP) is 3.40. The number of nitrogens with zero attached hydrogens (tertiary/aromatic N) is 1. The van der Waals surface area contributed by atoms with Crippen LogP contribution in [0.1, 0.15) is 30.6 Å². The van der Waals surface area contributed by atoms with E-state index in [9.17, 15) is 5.11 Å². The van der Waals surface area contributed by atoms with Crippen molar-refractivity contribution in [1.29, 1.82) is 0 Å². The molecule has 2 aromatic carbocycles. The Morgan fingerprint density at radius 2 is 1.76 bits per heavy atom. The van der Waals surface area contributed by atoms with Gasteiger partial charge in [0, 0.05) is 17.8 Å². The van der Waals surface area contributed by atoms with Gasteiger partial charge in [-0.3, -0.25) is 4.99 Å². The van der Waals surface area contributed by atoms with E-state index < -0.39 is 6.10 Å². The largest absolute Gasteiger partial charge is 0.399 e. The smallest absolute Gasteiger partial charge is 0.0985 e. The summed E-state index contributed by atoms with van der Waals surface area (Å²) in [4.78, 5) is 4.57. The normalized spacial score (nSPS) is 13.1. The van der Waals surface area contributed by atoms with Crippen molar-refractivity contribution in [3.05, 3.63) is 65.7 Å². The zero-order valence-corrected chi connectivity index (χ0v) is 12.4. The Bertz CT molecular complexity index is 576. The van der Waals surface area contributed by atoms with Gasteiger partial charge in [-0.05, 0) is 29.7 Å². The molecule has 110 valence electrons. The van der Waals surface area contributed by atoms with Crippen molar-refractivity contribution >= 4 is 11.4 Å². The lowest BCUT2D eigenvalue weighted by atomic mass is 10.1. The fourth-order valence-corrected chi connectivity index (χ4v) is 2.16. The summed E-state index contributed by atoms with van der Waals surface area (Å²) in [5.74, 6) is 0. The molecule has 0 fully saturated rings. The first-order chi connectivity index (χ1) is 10.2. The van der Waals surface area contributed by atoms with Crippen molar-refractivity contribution in [3.8, 4) is 0 Å². The van der Waals surface area contributed by atoms with E-state index in [2.05, 4.69) is 11.9 Å². The molecule has 0 amide bonds. The number of benzene rings is 2. The Labute approximate surface area is 126 Å². The van der Waals surface area contributed by atoms with Gasteiger partial charge in [0.15, 0.2) is 0 Å². The van der Waals surface area contributed by atoms with Crippen LogP contribution in [0.4, 0.5) is 5.69 Å². The van der Waals surface area contributed by atoms with Crippen LogP contribution in [0.25, 0.3) is 0 Å². The van der Waals surface area contributed by atoms with Crippen molar-refractivity contribution in [2.24, 2.45) is 4.99 Å². The van der Waals surface area contributed by atoms with Crippen LogP contribution in [0.5, 0.6) is 0 Å². The van der Waals surface area contributed by atoms with Crippen molar-refractivity contribution in [2.45, 2.75) is 25.9 Å². The molecule has 0 heterocycles. The van der Waals surface area contributed by atoms with Gasteiger partial charge < -0.3 is 10.8 Å². The summed E-state index contributed by atoms with van der Waals surface area (Å²) in [7, 11) is 0. The molecule has 1 unspecified atom stereocenters. The van der Waals surface area contributed by atoms with E-state index >= 15 is 0 Å². The summed E-state index contributed by atoms with van der Waals surface area (Å²) in [6.45, 7) is 2.49. The number of aliphatic hydroxyl groups is 1. The third kappa shape index (κ3) is 4.72. The van der Waals surface area contributed by atoms with Crippen molar-refractivity contribution < 1.29 is 5.11 Å². The molecule has 0 bridgehead atoms. The molecule has 3 N–H and O–H groups in total. The Kier molecular flexibility index (Phi) is 5.52. The van der Waals surface area contributed by atoms with Crippen molar-refractivity contribution in [1.82, 2.24) is 0 Å². The lowest BCUT2D eigenvalue weighted by Gasteiger charge is -2.10. The highest BCUT2D eigenvalue weighted by Gasteiger charge is 2.06. The van der Waals surface area contributed by atoms with E-state index in [1.807, 2.05) is 54.6 Å². The van der Waals surface area contributed by atoms with Gasteiger partial charge >= 0.3 is 0 Å². The van der Waals surface area contributed by atoms with Gasteiger partial charge in [-0.2, -0.15) is 0 Å². The summed E-state index contributed by atoms with van der Waals surface area (Å²) in [5, 5.41) is 10.1. The molecule has 0 aliphatic carbocycles. The molecule has 0 aromatic heterocycles. The topological polar surface area (TPSA) is 58.6 Å². The fraction of sp³-hybridized carbons (Fsp3) is 0.278. The molecule has 0 radical (unpaired) electrons. The van der Waals surface area contributed by atoms with Crippen LogP contribution in [0.2, 0.25) is 0 Å². The highest BCUT2D eigenvalue weighted by Crippen LogP contribution is 2.13. The Hall–Kier alpha value is -2.13. The molecule has 2 rings (SSSR count). The minimum absolute atomic E-state index is 0.405. The van der Waals surface area contributed by atoms with Crippen molar-refractivity contribution in [3.63, 3.8) is 0 Å². The summed E-state index contributed by atoms with van der Waals surface area (Å²) in [6.07, 6.45) is 1.14. The highest BCUT2D eigenvalue weighted by molar-refractivity contribution is 5.86. The van der Waals surface area contributed by atoms with E-state index in [-0.39, 0.29) is 0 Å². The maximum atomic E-state index is 10.1. The number of nitrogens with two attached hydrogens (primary N) is 1. The van der Waals surface area contributed by atoms with Crippen LogP contribution in [-0.4, -0.2) is 17.4 Å². The molecule has 0 saturated heterocycles. The van der Waals surface area contributed by atoms with E-state index in [4.69, 9.17) is 5.73 Å². The predicted molar refractivity (Wildman–Crippen MR) is 88.6 cm³/mol. The average Bonchev–Trinajstić information content (AvgIpc) is 2.53. The molecule has 0 aliphatic heterocycles. The van der Waals surface area contributed by atoms with Crippen LogP contribution < -0.4 is 5.73 Å². The van der Waals surface area contributed by atoms with Gasteiger partial charge in [0.2, 0.25) is 0 Å². The van der Waals surface area contributed by atoms with Gasteiger partial charge in [-0.1, -0.05) is 49.4 Å². The molecule has 0 spiro atoms. The maximum Gasteiger partial charge on any atom is 0.0985 e. The summed E-state index contributed by atoms with van der Waals surface area (Å²) < 4.78 is 0. The van der Waals surface area contributed by atoms with E-state index in [1.54, 1.807) is 0 Å². The Morgan fingerprint density at radius 1 is 1.10 bits per heavy atom. The van der Waals surface area contributed by atoms with Gasteiger partial charge in [-0.15, -0.1) is 0 Å². The van der Waals surface area contributed by atoms with Gasteiger partial charge in [0.25, 0.3) is 0 Å². The zero-order valence-electron chi connectivity index (χ0n) is 12.4. The number of aliphatic imine (C=N–C) groups is 1. The first-order valence-corrected chi connectivity index (χ1v) is 7.28. The molecule has 1 atom stereocenters. The quantitative estimate of drug-likeness (QED) is 0.630. The number of nitrogen functional groups attached to an aromatic ring is 1. The molecule has 0 saturated carbocycles. The number of hydrogen-bond donors (Lipinski definition) is 2. The molecule has 3 heteroatoms. The van der Waals surface area contributed by atoms with Crippen LogP contribution in [0.15, 0.2) is 59.6 Å². The number of rotatable bonds is 6. The van der Waals surface area contributed by atoms with E-state index in [0.717, 1.165) is 29.8 Å². The fourth-order valence-electron chi connectivity index (χ4n) is 2.16. The third-order valence-electron chi connectivity index (χ3n) is 3.47. The molecule has 21 heavy (non-hydrogen) atoms. The van der Waals surface area contributed by atoms with Gasteiger partial charge in [0.05, 0.1) is 12.6 Å². The minimum atomic E-state index is -0.542. The van der Waals surface area contributed by atoms with Crippen molar-refractivity contribution in [2.75, 3.05) is 12.3 Å². The molecular weight excluding hydrogens is 260 g/mol. The molecule has 2 aromatic rings. The SMILES string of the molecule is CCC(Cc1ccc(N)cc1)=NCC(O)c1ccccc1. The first-order valence-electron chi connectivity index (χ1n) is 7.28. The second-order valence-corrected chi connectivity index (χ2v) is 5.11. The Balaban J connectivity index is 1.98. The number of aliphatic hydroxyl groups excluding tert-OH is 1. The average molecular weight is 282 g/mol. The Morgan fingerprint density at radius 3 is 2.38 bits per heavy atom. The van der Waals surface area contributed by atoms with Crippen LogP contribution in [-0.2, 0) is 6.42 Å². The standard InChI is InChI=1S/C18H22N2O/c1-2-17(12-14-8-10-16(19)11-9-14)20-13-18(21)15-6-4-3-5-7-15/h3-11,18,21H,2,12-13,19H2,1H3. The van der Waals surface area contributed by atoms with Gasteiger partial charge in [0.1, 0.15) is 0 Å². The lowest BCUT2D eigenvalue weighted by molar-refractivity contribution is 0.187. The zero-order chi connectivity index (χ0) is 15.1. The number of hydrogen-bond acceptors (Lipinski definition) is 3. The first kappa shape index (κ1) is 15.3. The van der Waals surface area contributed by atoms with Crippen LogP contribution in [0, 0.1) is 0 Å². The minimum Gasteiger partial charge on any atom is -0.399 e. The van der Waals surface area contributed by atoms with Crippen LogP contribution in [0.3, 0.4) is 0 Å². The van der Waals surface area contributed by atoms with Crippen LogP contribution >= 0.6 is 0 Å². The number of anilines is 1. The van der Waals surface area contributed by atoms with E-state index in [0.29, 0.717) is 6.54 Å². The maximum absolute atomic E-state index is 10.1. The lowest BCUT2D eigenvalue weighted by Crippen LogP contribution is -2.07. The summed E-state index contributed by atoms with van der Waals surface area (Å²) >= 11 is 0. The molecule has 0 aliphatic rings. The second-order valence-electron chi connectivity index (χ2n) is 5.11. The third-order valence-corrected chi connectivity index (χ3v) is 3.47. The summed E-state index contributed by atoms with van der Waals surface area (Å²) in [6, 6.07) is 17.5. The van der Waals surface area contributed by atoms with E-state index in [1.165, 1.54) is 5.56 Å². The summed E-state index contributed by atoms with van der Waals surface area (Å²) in [5.41, 5.74) is 9.65. The highest BCUT2D eigenvalue weighted by atomic mass is 16.3. The monoisotopic (exact) mass is 282 g/mol. The second kappa shape index (κ2) is 7.60.